The molecular weight excluding hydrogens is 164 g/mol. The molecule has 0 aromatic rings. The zero-order valence-electron chi connectivity index (χ0n) is 8.88. The van der Waals surface area contributed by atoms with E-state index in [4.69, 9.17) is 4.74 Å². The highest BCUT2D eigenvalue weighted by Gasteiger charge is 2.12. The summed E-state index contributed by atoms with van der Waals surface area (Å²) in [4.78, 5) is 2.20. The summed E-state index contributed by atoms with van der Waals surface area (Å²) >= 11 is 0. The maximum Gasteiger partial charge on any atom is 0.0506 e. The Bertz CT molecular complexity index is 122. The van der Waals surface area contributed by atoms with E-state index in [2.05, 4.69) is 24.3 Å². The number of rotatable bonds is 5. The van der Waals surface area contributed by atoms with Gasteiger partial charge in [0.05, 0.1) is 6.61 Å². The molecule has 0 aromatic heterocycles. The van der Waals surface area contributed by atoms with Crippen molar-refractivity contribution in [3.63, 3.8) is 0 Å². The Morgan fingerprint density at radius 2 is 2.31 bits per heavy atom. The molecule has 0 amide bonds. The predicted octanol–water partition coefficient (Wildman–Crippen LogP) is 0.564. The van der Waals surface area contributed by atoms with E-state index in [1.165, 1.54) is 12.8 Å². The van der Waals surface area contributed by atoms with Gasteiger partial charge in [-0.15, -0.1) is 0 Å². The third-order valence-electron chi connectivity index (χ3n) is 2.42. The van der Waals surface area contributed by atoms with Crippen LogP contribution in [-0.2, 0) is 4.74 Å². The number of nitrogens with one attached hydrogen (secondary N) is 1. The van der Waals surface area contributed by atoms with Crippen LogP contribution in [0.15, 0.2) is 0 Å². The molecule has 1 rings (SSSR count). The van der Waals surface area contributed by atoms with Gasteiger partial charge in [-0.3, -0.25) is 0 Å². The van der Waals surface area contributed by atoms with Gasteiger partial charge in [-0.1, -0.05) is 0 Å². The van der Waals surface area contributed by atoms with Gasteiger partial charge in [0.2, 0.25) is 0 Å². The van der Waals surface area contributed by atoms with Crippen LogP contribution >= 0.6 is 0 Å². The molecule has 1 aliphatic rings. The molecule has 13 heavy (non-hydrogen) atoms. The second-order valence-corrected chi connectivity index (χ2v) is 4.09. The van der Waals surface area contributed by atoms with Gasteiger partial charge in [0.15, 0.2) is 0 Å². The number of likely N-dealkylation sites (N-methyl/N-ethyl adjacent to an activating group) is 1. The average Bonchev–Trinajstić information content (AvgIpc) is 2.14. The van der Waals surface area contributed by atoms with E-state index >= 15 is 0 Å². The zero-order chi connectivity index (χ0) is 9.52. The molecule has 3 heteroatoms. The molecule has 1 aliphatic heterocycles. The standard InChI is InChI=1S/C10H22N2O/c1-12(2)6-5-11-8-10-4-3-7-13-9-10/h10-11H,3-9H2,1-2H3/t10-/m1/s1. The Kier molecular flexibility index (Phi) is 5.35. The van der Waals surface area contributed by atoms with Crippen LogP contribution in [0.25, 0.3) is 0 Å². The first kappa shape index (κ1) is 11.0. The molecule has 0 radical (unpaired) electrons. The van der Waals surface area contributed by atoms with Gasteiger partial charge >= 0.3 is 0 Å². The van der Waals surface area contributed by atoms with Crippen molar-refractivity contribution >= 4 is 0 Å². The predicted molar refractivity (Wildman–Crippen MR) is 55.0 cm³/mol. The summed E-state index contributed by atoms with van der Waals surface area (Å²) < 4.78 is 5.41. The Hall–Kier alpha value is -0.120. The molecule has 0 aliphatic carbocycles. The summed E-state index contributed by atoms with van der Waals surface area (Å²) in [7, 11) is 4.21. The molecule has 0 spiro atoms. The Balaban J connectivity index is 1.92. The number of hydrogen-bond donors (Lipinski definition) is 1. The molecule has 0 aromatic carbocycles. The largest absolute Gasteiger partial charge is 0.381 e. The molecule has 1 atom stereocenters. The molecule has 0 saturated carbocycles. The lowest BCUT2D eigenvalue weighted by atomic mass is 10.0. The fourth-order valence-electron chi connectivity index (χ4n) is 1.58. The van der Waals surface area contributed by atoms with Crippen molar-refractivity contribution in [3.8, 4) is 0 Å². The van der Waals surface area contributed by atoms with Crippen molar-refractivity contribution in [1.82, 2.24) is 10.2 Å². The first-order valence-electron chi connectivity index (χ1n) is 5.22. The van der Waals surface area contributed by atoms with Crippen LogP contribution in [0.2, 0.25) is 0 Å². The van der Waals surface area contributed by atoms with Gasteiger partial charge in [0, 0.05) is 26.2 Å². The number of hydrogen-bond acceptors (Lipinski definition) is 3. The minimum absolute atomic E-state index is 0.746. The quantitative estimate of drug-likeness (QED) is 0.635. The second kappa shape index (κ2) is 6.35. The number of nitrogens with zero attached hydrogens (tertiary/aromatic N) is 1. The van der Waals surface area contributed by atoms with Crippen molar-refractivity contribution in [2.75, 3.05) is 46.9 Å². The average molecular weight is 186 g/mol. The monoisotopic (exact) mass is 186 g/mol. The van der Waals surface area contributed by atoms with E-state index in [1.807, 2.05) is 0 Å². The first-order valence-corrected chi connectivity index (χ1v) is 5.22. The highest BCUT2D eigenvalue weighted by Crippen LogP contribution is 2.11. The third kappa shape index (κ3) is 5.24. The molecule has 1 fully saturated rings. The fraction of sp³-hybridized carbons (Fsp3) is 1.00. The van der Waals surface area contributed by atoms with Gasteiger partial charge in [-0.05, 0) is 32.9 Å². The van der Waals surface area contributed by atoms with Crippen LogP contribution < -0.4 is 5.32 Å². The Labute approximate surface area is 81.4 Å². The lowest BCUT2D eigenvalue weighted by molar-refractivity contribution is 0.0548. The smallest absolute Gasteiger partial charge is 0.0506 e. The van der Waals surface area contributed by atoms with Crippen LogP contribution in [0.3, 0.4) is 0 Å². The van der Waals surface area contributed by atoms with E-state index in [0.717, 1.165) is 38.8 Å². The summed E-state index contributed by atoms with van der Waals surface area (Å²) in [6, 6.07) is 0. The lowest BCUT2D eigenvalue weighted by Crippen LogP contribution is -2.33. The summed E-state index contributed by atoms with van der Waals surface area (Å²) in [6.45, 7) is 5.24. The van der Waals surface area contributed by atoms with Crippen molar-refractivity contribution in [1.29, 1.82) is 0 Å². The maximum atomic E-state index is 5.41. The topological polar surface area (TPSA) is 24.5 Å². The van der Waals surface area contributed by atoms with Crippen LogP contribution in [-0.4, -0.2) is 51.8 Å². The molecular formula is C10H22N2O. The summed E-state index contributed by atoms with van der Waals surface area (Å²) in [6.07, 6.45) is 2.56. The summed E-state index contributed by atoms with van der Waals surface area (Å²) in [5.74, 6) is 0.746. The van der Waals surface area contributed by atoms with Gasteiger partial charge in [0.25, 0.3) is 0 Å². The molecule has 1 saturated heterocycles. The van der Waals surface area contributed by atoms with Crippen LogP contribution in [0, 0.1) is 5.92 Å². The van der Waals surface area contributed by atoms with E-state index in [9.17, 15) is 0 Å². The minimum atomic E-state index is 0.746. The van der Waals surface area contributed by atoms with Gasteiger partial charge in [-0.2, -0.15) is 0 Å². The molecule has 1 heterocycles. The molecule has 0 bridgehead atoms. The molecule has 1 N–H and O–H groups in total. The zero-order valence-corrected chi connectivity index (χ0v) is 8.88. The molecule has 3 nitrogen and oxygen atoms in total. The van der Waals surface area contributed by atoms with Crippen molar-refractivity contribution in [2.45, 2.75) is 12.8 Å². The second-order valence-electron chi connectivity index (χ2n) is 4.09. The van der Waals surface area contributed by atoms with Crippen LogP contribution in [0.4, 0.5) is 0 Å². The normalized spacial score (nSPS) is 23.8. The molecule has 78 valence electrons. The SMILES string of the molecule is CN(C)CCNC[C@H]1CCCOC1. The van der Waals surface area contributed by atoms with Crippen LogP contribution in [0.1, 0.15) is 12.8 Å². The minimum Gasteiger partial charge on any atom is -0.381 e. The fourth-order valence-corrected chi connectivity index (χ4v) is 1.58. The first-order chi connectivity index (χ1) is 6.29. The van der Waals surface area contributed by atoms with Crippen molar-refractivity contribution in [3.05, 3.63) is 0 Å². The van der Waals surface area contributed by atoms with E-state index < -0.39 is 0 Å². The van der Waals surface area contributed by atoms with Gasteiger partial charge in [-0.25, -0.2) is 0 Å². The summed E-state index contributed by atoms with van der Waals surface area (Å²) in [5.41, 5.74) is 0. The Morgan fingerprint density at radius 3 is 2.92 bits per heavy atom. The lowest BCUT2D eigenvalue weighted by Gasteiger charge is -2.22. The van der Waals surface area contributed by atoms with Crippen molar-refractivity contribution < 1.29 is 4.74 Å². The Morgan fingerprint density at radius 1 is 1.46 bits per heavy atom. The third-order valence-corrected chi connectivity index (χ3v) is 2.42. The molecule has 0 unspecified atom stereocenters. The highest BCUT2D eigenvalue weighted by atomic mass is 16.5. The van der Waals surface area contributed by atoms with E-state index in [0.29, 0.717) is 0 Å². The summed E-state index contributed by atoms with van der Waals surface area (Å²) in [5, 5.41) is 3.46. The van der Waals surface area contributed by atoms with E-state index in [-0.39, 0.29) is 0 Å². The highest BCUT2D eigenvalue weighted by molar-refractivity contribution is 4.65. The van der Waals surface area contributed by atoms with Gasteiger partial charge in [0.1, 0.15) is 0 Å². The van der Waals surface area contributed by atoms with E-state index in [1.54, 1.807) is 0 Å². The van der Waals surface area contributed by atoms with Crippen LogP contribution in [0.5, 0.6) is 0 Å². The number of ether oxygens (including phenoxy) is 1. The van der Waals surface area contributed by atoms with Gasteiger partial charge < -0.3 is 15.0 Å². The maximum absolute atomic E-state index is 5.41. The van der Waals surface area contributed by atoms with Crippen molar-refractivity contribution in [2.24, 2.45) is 5.92 Å².